The van der Waals surface area contributed by atoms with Crippen molar-refractivity contribution in [2.75, 3.05) is 6.54 Å². The van der Waals surface area contributed by atoms with Crippen molar-refractivity contribution in [1.29, 1.82) is 0 Å². The fraction of sp³-hybridized carbons (Fsp3) is 0.379. The average Bonchev–Trinajstić information content (AvgIpc) is 2.87. The lowest BCUT2D eigenvalue weighted by Crippen LogP contribution is -2.44. The number of carbonyl (C=O) groups excluding carboxylic acids is 1. The van der Waals surface area contributed by atoms with Crippen molar-refractivity contribution in [2.45, 2.75) is 65.1 Å². The summed E-state index contributed by atoms with van der Waals surface area (Å²) in [4.78, 5) is 27.8. The molecule has 1 aliphatic carbocycles. The molecule has 1 unspecified atom stereocenters. The van der Waals surface area contributed by atoms with E-state index >= 15 is 0 Å². The lowest BCUT2D eigenvalue weighted by Gasteiger charge is -2.35. The van der Waals surface area contributed by atoms with E-state index in [1.807, 2.05) is 52.8 Å². The van der Waals surface area contributed by atoms with Crippen LogP contribution in [0.15, 0.2) is 65.6 Å². The molecule has 3 aromatic rings. The monoisotopic (exact) mass is 474 g/mol. The van der Waals surface area contributed by atoms with Gasteiger partial charge in [-0.15, -0.1) is 0 Å². The molecule has 2 aromatic carbocycles. The van der Waals surface area contributed by atoms with Crippen LogP contribution in [0.3, 0.4) is 0 Å². The molecule has 1 aromatic heterocycles. The first-order valence-corrected chi connectivity index (χ1v) is 12.4. The van der Waals surface area contributed by atoms with Gasteiger partial charge in [-0.05, 0) is 55.4 Å². The molecule has 0 saturated carbocycles. The number of benzene rings is 2. The van der Waals surface area contributed by atoms with Crippen LogP contribution in [0.2, 0.25) is 0 Å². The molecule has 0 aliphatic heterocycles. The Bertz CT molecular complexity index is 1220. The Morgan fingerprint density at radius 1 is 1.14 bits per heavy atom. The molecule has 0 bridgehead atoms. The summed E-state index contributed by atoms with van der Waals surface area (Å²) in [5.74, 6) is 0.802. The highest BCUT2D eigenvalue weighted by atomic mass is 16.5. The lowest BCUT2D eigenvalue weighted by atomic mass is 9.86. The van der Waals surface area contributed by atoms with Gasteiger partial charge < -0.3 is 19.3 Å². The van der Waals surface area contributed by atoms with E-state index in [4.69, 9.17) is 4.74 Å². The summed E-state index contributed by atoms with van der Waals surface area (Å²) >= 11 is 0. The third-order valence-electron chi connectivity index (χ3n) is 6.84. The van der Waals surface area contributed by atoms with E-state index in [0.717, 1.165) is 48.1 Å². The largest absolute Gasteiger partial charge is 0.508 e. The molecule has 1 N–H and O–H groups in total. The fourth-order valence-electron chi connectivity index (χ4n) is 4.95. The van der Waals surface area contributed by atoms with Gasteiger partial charge in [-0.3, -0.25) is 9.59 Å². The summed E-state index contributed by atoms with van der Waals surface area (Å²) in [6.45, 7) is 5.47. The van der Waals surface area contributed by atoms with Crippen LogP contribution < -0.4 is 10.2 Å². The Labute approximate surface area is 206 Å². The van der Waals surface area contributed by atoms with Crippen LogP contribution in [0.4, 0.5) is 0 Å². The fourth-order valence-corrected chi connectivity index (χ4v) is 4.95. The quantitative estimate of drug-likeness (QED) is 0.491. The number of hydrogen-bond donors (Lipinski definition) is 1. The highest BCUT2D eigenvalue weighted by Crippen LogP contribution is 2.31. The molecular weight excluding hydrogens is 440 g/mol. The molecular formula is C29H34N2O4. The smallest absolute Gasteiger partial charge is 0.224 e. The minimum atomic E-state index is -0.155. The number of aromatic nitrogens is 1. The number of phenols is 1. The van der Waals surface area contributed by atoms with Crippen molar-refractivity contribution >= 4 is 5.91 Å². The van der Waals surface area contributed by atoms with Gasteiger partial charge in [0.05, 0.1) is 5.69 Å². The van der Waals surface area contributed by atoms with Gasteiger partial charge in [0.1, 0.15) is 12.4 Å². The summed E-state index contributed by atoms with van der Waals surface area (Å²) in [6, 6.07) is 17.0. The number of hydrogen-bond acceptors (Lipinski definition) is 4. The van der Waals surface area contributed by atoms with Gasteiger partial charge in [-0.2, -0.15) is 0 Å². The standard InChI is InChI=1S/C29H34N2O4/c1-3-16-31(24-12-13-25-23(19-24)10-7-11-26(25)32)28(34)15-18-30-17-14-27(33)29(21(30)2)35-20-22-8-5-4-6-9-22/h4-11,14,17,24,32H,3,12-13,15-16,18-20H2,1-2H3. The van der Waals surface area contributed by atoms with Gasteiger partial charge in [0, 0.05) is 37.8 Å². The number of amides is 1. The van der Waals surface area contributed by atoms with E-state index in [-0.39, 0.29) is 17.4 Å². The maximum atomic E-state index is 13.3. The number of aromatic hydroxyl groups is 1. The molecule has 1 atom stereocenters. The predicted molar refractivity (Wildman–Crippen MR) is 137 cm³/mol. The van der Waals surface area contributed by atoms with Crippen molar-refractivity contribution in [3.63, 3.8) is 0 Å². The summed E-state index contributed by atoms with van der Waals surface area (Å²) in [5, 5.41) is 10.2. The summed E-state index contributed by atoms with van der Waals surface area (Å²) in [6.07, 6.45) is 5.38. The average molecular weight is 475 g/mol. The predicted octanol–water partition coefficient (Wildman–Crippen LogP) is 4.63. The van der Waals surface area contributed by atoms with Crippen LogP contribution in [-0.4, -0.2) is 33.1 Å². The Balaban J connectivity index is 1.43. The minimum Gasteiger partial charge on any atom is -0.508 e. The molecule has 0 spiro atoms. The number of rotatable bonds is 9. The number of ether oxygens (including phenoxy) is 1. The number of nitrogens with zero attached hydrogens (tertiary/aromatic N) is 2. The van der Waals surface area contributed by atoms with Crippen molar-refractivity contribution in [3.05, 3.63) is 93.4 Å². The molecule has 1 heterocycles. The molecule has 0 radical (unpaired) electrons. The Morgan fingerprint density at radius 2 is 1.94 bits per heavy atom. The summed E-state index contributed by atoms with van der Waals surface area (Å²) in [7, 11) is 0. The van der Waals surface area contributed by atoms with Crippen LogP contribution in [0.1, 0.15) is 48.6 Å². The minimum absolute atomic E-state index is 0.116. The molecule has 6 heteroatoms. The Morgan fingerprint density at radius 3 is 2.71 bits per heavy atom. The van der Waals surface area contributed by atoms with Crippen LogP contribution in [0.5, 0.6) is 11.5 Å². The van der Waals surface area contributed by atoms with E-state index in [1.165, 1.54) is 6.07 Å². The van der Waals surface area contributed by atoms with E-state index in [0.29, 0.717) is 37.6 Å². The van der Waals surface area contributed by atoms with Gasteiger partial charge in [0.15, 0.2) is 5.75 Å². The van der Waals surface area contributed by atoms with Gasteiger partial charge >= 0.3 is 0 Å². The molecule has 0 fully saturated rings. The van der Waals surface area contributed by atoms with Gasteiger partial charge in [-0.1, -0.05) is 49.4 Å². The van der Waals surface area contributed by atoms with Crippen molar-refractivity contribution in [2.24, 2.45) is 0 Å². The SMILES string of the molecule is CCCN(C(=O)CCn1ccc(=O)c(OCc2ccccc2)c1C)C1CCc2c(O)cccc2C1. The van der Waals surface area contributed by atoms with Crippen LogP contribution >= 0.6 is 0 Å². The summed E-state index contributed by atoms with van der Waals surface area (Å²) in [5.41, 5.74) is 3.71. The zero-order valence-corrected chi connectivity index (χ0v) is 20.6. The van der Waals surface area contributed by atoms with Crippen molar-refractivity contribution in [3.8, 4) is 11.5 Å². The second-order valence-corrected chi connectivity index (χ2v) is 9.21. The number of pyridine rings is 1. The van der Waals surface area contributed by atoms with Crippen LogP contribution in [0.25, 0.3) is 0 Å². The van der Waals surface area contributed by atoms with Gasteiger partial charge in [-0.25, -0.2) is 0 Å². The van der Waals surface area contributed by atoms with E-state index < -0.39 is 0 Å². The zero-order chi connectivity index (χ0) is 24.8. The second kappa shape index (κ2) is 11.3. The van der Waals surface area contributed by atoms with Gasteiger partial charge in [0.25, 0.3) is 0 Å². The van der Waals surface area contributed by atoms with Crippen LogP contribution in [-0.2, 0) is 30.8 Å². The topological polar surface area (TPSA) is 71.8 Å². The molecule has 184 valence electrons. The van der Waals surface area contributed by atoms with Gasteiger partial charge in [0.2, 0.25) is 11.3 Å². The molecule has 1 amide bonds. The third kappa shape index (κ3) is 5.76. The van der Waals surface area contributed by atoms with E-state index in [9.17, 15) is 14.7 Å². The zero-order valence-electron chi connectivity index (χ0n) is 20.6. The first-order chi connectivity index (χ1) is 17.0. The van der Waals surface area contributed by atoms with E-state index in [2.05, 4.69) is 13.0 Å². The van der Waals surface area contributed by atoms with Crippen molar-refractivity contribution in [1.82, 2.24) is 9.47 Å². The maximum Gasteiger partial charge on any atom is 0.224 e. The first kappa shape index (κ1) is 24.6. The number of phenolic OH excluding ortho intramolecular Hbond substituents is 1. The molecule has 1 aliphatic rings. The molecule has 0 saturated heterocycles. The Kier molecular flexibility index (Phi) is 7.91. The first-order valence-electron chi connectivity index (χ1n) is 12.4. The number of carbonyl (C=O) groups is 1. The normalized spacial score (nSPS) is 14.9. The highest BCUT2D eigenvalue weighted by Gasteiger charge is 2.28. The highest BCUT2D eigenvalue weighted by molar-refractivity contribution is 5.76. The molecule has 35 heavy (non-hydrogen) atoms. The Hall–Kier alpha value is -3.54. The van der Waals surface area contributed by atoms with E-state index in [1.54, 1.807) is 12.3 Å². The second-order valence-electron chi connectivity index (χ2n) is 9.21. The van der Waals surface area contributed by atoms with Crippen LogP contribution in [0, 0.1) is 6.92 Å². The number of fused-ring (bicyclic) bond motifs is 1. The molecule has 6 nitrogen and oxygen atoms in total. The number of aryl methyl sites for hydroxylation is 1. The maximum absolute atomic E-state index is 13.3. The molecule has 4 rings (SSSR count). The van der Waals surface area contributed by atoms with Crippen molar-refractivity contribution < 1.29 is 14.6 Å². The summed E-state index contributed by atoms with van der Waals surface area (Å²) < 4.78 is 7.80. The lowest BCUT2D eigenvalue weighted by molar-refractivity contribution is -0.134. The third-order valence-corrected chi connectivity index (χ3v) is 6.84.